The second kappa shape index (κ2) is 11.9. The number of aromatic nitrogens is 2. The van der Waals surface area contributed by atoms with E-state index >= 15 is 4.39 Å². The maximum atomic E-state index is 15.3. The van der Waals surface area contributed by atoms with E-state index in [1.165, 1.54) is 25.6 Å². The van der Waals surface area contributed by atoms with Crippen molar-refractivity contribution >= 4 is 26.9 Å². The lowest BCUT2D eigenvalue weighted by Crippen LogP contribution is -2.21. The maximum Gasteiger partial charge on any atom is 0.310 e. The van der Waals surface area contributed by atoms with Gasteiger partial charge in [0.1, 0.15) is 18.5 Å². The second-order valence-corrected chi connectivity index (χ2v) is 11.0. The number of nitrogens with zero attached hydrogens (tertiary/aromatic N) is 2. The first-order valence-electron chi connectivity index (χ1n) is 12.2. The molecule has 0 saturated heterocycles. The molecule has 2 heterocycles. The number of carbonyl (C=O) groups is 1. The largest absolute Gasteiger partial charge is 0.489 e. The van der Waals surface area contributed by atoms with E-state index in [2.05, 4.69) is 4.98 Å². The Morgan fingerprint density at radius 1 is 1.15 bits per heavy atom. The highest BCUT2D eigenvalue weighted by molar-refractivity contribution is 7.89. The van der Waals surface area contributed by atoms with Gasteiger partial charge in [-0.25, -0.2) is 16.8 Å². The Morgan fingerprint density at radius 3 is 2.64 bits per heavy atom. The van der Waals surface area contributed by atoms with E-state index in [4.69, 9.17) is 19.9 Å². The lowest BCUT2D eigenvalue weighted by atomic mass is 9.98. The summed E-state index contributed by atoms with van der Waals surface area (Å²) in [4.78, 5) is 16.4. The third-order valence-electron chi connectivity index (χ3n) is 6.07. The standard InChI is InChI=1S/C28H30FN3O6S/c1-18(16-36-2)38-27(33)14-20-6-4-5-7-26(20)37-17-19-12-23(22-8-10-31-24(15-30)28(22)29)21-9-11-32(25(21)13-19)39(3,34)35/h4-13,18H,14-17,30H2,1-3H3. The summed E-state index contributed by atoms with van der Waals surface area (Å²) < 4.78 is 57.8. The molecule has 4 aromatic rings. The molecule has 0 radical (unpaired) electrons. The molecule has 0 amide bonds. The zero-order valence-corrected chi connectivity index (χ0v) is 22.7. The molecule has 0 aliphatic heterocycles. The summed E-state index contributed by atoms with van der Waals surface area (Å²) in [5.41, 5.74) is 8.09. The van der Waals surface area contributed by atoms with Crippen LogP contribution < -0.4 is 10.5 Å². The summed E-state index contributed by atoms with van der Waals surface area (Å²) in [5.74, 6) is -0.526. The van der Waals surface area contributed by atoms with Crippen LogP contribution in [0.1, 0.15) is 23.7 Å². The number of halogens is 1. The molecular formula is C28H30FN3O6S. The molecule has 4 rings (SSSR count). The number of methoxy groups -OCH3 is 1. The Kier molecular flexibility index (Phi) is 8.63. The lowest BCUT2D eigenvalue weighted by molar-refractivity contribution is -0.149. The fourth-order valence-electron chi connectivity index (χ4n) is 4.35. The second-order valence-electron chi connectivity index (χ2n) is 9.10. The Hall–Kier alpha value is -3.80. The number of esters is 1. The monoisotopic (exact) mass is 555 g/mol. The third-order valence-corrected chi connectivity index (χ3v) is 7.10. The summed E-state index contributed by atoms with van der Waals surface area (Å²) >= 11 is 0. The molecule has 9 nitrogen and oxygen atoms in total. The van der Waals surface area contributed by atoms with Crippen LogP contribution in [0, 0.1) is 5.82 Å². The van der Waals surface area contributed by atoms with Gasteiger partial charge in [0.25, 0.3) is 0 Å². The number of hydrogen-bond donors (Lipinski definition) is 1. The molecule has 39 heavy (non-hydrogen) atoms. The van der Waals surface area contributed by atoms with Crippen molar-refractivity contribution in [1.82, 2.24) is 8.96 Å². The average Bonchev–Trinajstić information content (AvgIpc) is 3.33. The van der Waals surface area contributed by atoms with Gasteiger partial charge < -0.3 is 19.9 Å². The predicted octanol–water partition coefficient (Wildman–Crippen LogP) is 3.81. The van der Waals surface area contributed by atoms with Crippen molar-refractivity contribution in [1.29, 1.82) is 0 Å². The lowest BCUT2D eigenvalue weighted by Gasteiger charge is -2.15. The van der Waals surface area contributed by atoms with E-state index in [1.807, 2.05) is 0 Å². The molecule has 0 aliphatic carbocycles. The number of para-hydroxylation sites is 1. The van der Waals surface area contributed by atoms with Gasteiger partial charge in [0.15, 0.2) is 5.82 Å². The molecule has 2 N–H and O–H groups in total. The van der Waals surface area contributed by atoms with Gasteiger partial charge in [-0.3, -0.25) is 9.78 Å². The fourth-order valence-corrected chi connectivity index (χ4v) is 5.14. The zero-order valence-electron chi connectivity index (χ0n) is 21.9. The molecule has 2 aromatic heterocycles. The molecule has 0 saturated carbocycles. The smallest absolute Gasteiger partial charge is 0.310 e. The Bertz CT molecular complexity index is 1600. The van der Waals surface area contributed by atoms with E-state index in [9.17, 15) is 13.2 Å². The third kappa shape index (κ3) is 6.44. The van der Waals surface area contributed by atoms with E-state index < -0.39 is 21.8 Å². The number of rotatable bonds is 11. The minimum atomic E-state index is -3.64. The number of ether oxygens (including phenoxy) is 3. The van der Waals surface area contributed by atoms with Crippen LogP contribution in [0.2, 0.25) is 0 Å². The van der Waals surface area contributed by atoms with Crippen molar-refractivity contribution < 1.29 is 31.8 Å². The van der Waals surface area contributed by atoms with Gasteiger partial charge in [-0.05, 0) is 48.4 Å². The highest BCUT2D eigenvalue weighted by atomic mass is 32.2. The van der Waals surface area contributed by atoms with Gasteiger partial charge in [0.05, 0.1) is 30.5 Å². The van der Waals surface area contributed by atoms with E-state index in [0.717, 1.165) is 10.2 Å². The maximum absolute atomic E-state index is 15.3. The van der Waals surface area contributed by atoms with Gasteiger partial charge in [0, 0.05) is 42.6 Å². The first kappa shape index (κ1) is 28.2. The molecule has 0 fully saturated rings. The van der Waals surface area contributed by atoms with Crippen LogP contribution in [0.5, 0.6) is 5.75 Å². The zero-order chi connectivity index (χ0) is 28.2. The van der Waals surface area contributed by atoms with Crippen LogP contribution in [0.25, 0.3) is 22.0 Å². The minimum Gasteiger partial charge on any atom is -0.489 e. The SMILES string of the molecule is COCC(C)OC(=O)Cc1ccccc1OCc1cc(-c2ccnc(CN)c2F)c2ccn(S(C)(=O)=O)c2c1. The van der Waals surface area contributed by atoms with Crippen molar-refractivity contribution in [2.75, 3.05) is 20.0 Å². The van der Waals surface area contributed by atoms with Crippen LogP contribution in [0.15, 0.2) is 60.9 Å². The Labute approximate surface area is 226 Å². The van der Waals surface area contributed by atoms with Crippen LogP contribution in [-0.4, -0.2) is 49.4 Å². The first-order chi connectivity index (χ1) is 18.6. The molecule has 0 aliphatic rings. The van der Waals surface area contributed by atoms with Crippen LogP contribution in [-0.2, 0) is 43.9 Å². The van der Waals surface area contributed by atoms with E-state index in [-0.39, 0.29) is 43.5 Å². The van der Waals surface area contributed by atoms with Crippen molar-refractivity contribution in [2.24, 2.45) is 5.73 Å². The summed E-state index contributed by atoms with van der Waals surface area (Å²) in [6, 6.07) is 13.7. The van der Waals surface area contributed by atoms with Crippen molar-refractivity contribution in [3.05, 3.63) is 83.6 Å². The van der Waals surface area contributed by atoms with Crippen molar-refractivity contribution in [3.63, 3.8) is 0 Å². The number of nitrogens with two attached hydrogens (primary N) is 1. The van der Waals surface area contributed by atoms with Crippen molar-refractivity contribution in [2.45, 2.75) is 32.6 Å². The predicted molar refractivity (Wildman–Crippen MR) is 145 cm³/mol. The molecule has 1 atom stereocenters. The molecule has 11 heteroatoms. The molecule has 0 bridgehead atoms. The summed E-state index contributed by atoms with van der Waals surface area (Å²) in [6.45, 7) is 1.97. The van der Waals surface area contributed by atoms with E-state index in [0.29, 0.717) is 33.3 Å². The quantitative estimate of drug-likeness (QED) is 0.277. The number of benzene rings is 2. The van der Waals surface area contributed by atoms with Crippen LogP contribution >= 0.6 is 0 Å². The first-order valence-corrected chi connectivity index (χ1v) is 14.0. The number of carbonyl (C=O) groups excluding carboxylic acids is 1. The van der Waals surface area contributed by atoms with Gasteiger partial charge in [-0.2, -0.15) is 0 Å². The molecule has 2 aromatic carbocycles. The van der Waals surface area contributed by atoms with Gasteiger partial charge in [0.2, 0.25) is 10.0 Å². The fraction of sp³-hybridized carbons (Fsp3) is 0.286. The minimum absolute atomic E-state index is 0.00443. The molecule has 1 unspecified atom stereocenters. The van der Waals surface area contributed by atoms with Crippen LogP contribution in [0.4, 0.5) is 4.39 Å². The van der Waals surface area contributed by atoms with Crippen molar-refractivity contribution in [3.8, 4) is 16.9 Å². The van der Waals surface area contributed by atoms with E-state index in [1.54, 1.807) is 49.4 Å². The van der Waals surface area contributed by atoms with Gasteiger partial charge >= 0.3 is 5.97 Å². The van der Waals surface area contributed by atoms with Crippen LogP contribution in [0.3, 0.4) is 0 Å². The molecular weight excluding hydrogens is 525 g/mol. The normalized spacial score (nSPS) is 12.4. The Balaban J connectivity index is 1.69. The topological polar surface area (TPSA) is 123 Å². The average molecular weight is 556 g/mol. The highest BCUT2D eigenvalue weighted by Crippen LogP contribution is 2.34. The molecule has 0 spiro atoms. The molecule has 206 valence electrons. The number of pyridine rings is 1. The summed E-state index contributed by atoms with van der Waals surface area (Å²) in [6.07, 6.45) is 3.60. The van der Waals surface area contributed by atoms with Gasteiger partial charge in [-0.15, -0.1) is 0 Å². The summed E-state index contributed by atoms with van der Waals surface area (Å²) in [5, 5.41) is 0.547. The number of fused-ring (bicyclic) bond motifs is 1. The number of hydrogen-bond acceptors (Lipinski definition) is 8. The highest BCUT2D eigenvalue weighted by Gasteiger charge is 2.19. The van der Waals surface area contributed by atoms with Gasteiger partial charge in [-0.1, -0.05) is 18.2 Å². The summed E-state index contributed by atoms with van der Waals surface area (Å²) in [7, 11) is -2.11. The Morgan fingerprint density at radius 2 is 1.92 bits per heavy atom.